The van der Waals surface area contributed by atoms with Crippen LogP contribution in [-0.2, 0) is 4.79 Å². The standard InChI is InChI=1S/C24H26N4O4/c1-14(2)28-24(32)18-8-6-5-7-17(18)22(27-28)23(31)26-25-21(30)12-11-20(29)19-13-15(3)9-10-16(19)4/h5-10,13-14H,11-12H2,1-4H3,(H,25,30)(H,26,31). The molecule has 8 heteroatoms. The van der Waals surface area contributed by atoms with Crippen LogP contribution in [-0.4, -0.2) is 27.4 Å². The summed E-state index contributed by atoms with van der Waals surface area (Å²) in [6.45, 7) is 7.33. The fourth-order valence-electron chi connectivity index (χ4n) is 3.37. The highest BCUT2D eigenvalue weighted by molar-refractivity contribution is 6.05. The first-order valence-electron chi connectivity index (χ1n) is 10.4. The zero-order valence-electron chi connectivity index (χ0n) is 18.6. The summed E-state index contributed by atoms with van der Waals surface area (Å²) >= 11 is 0. The van der Waals surface area contributed by atoms with E-state index in [2.05, 4.69) is 16.0 Å². The largest absolute Gasteiger partial charge is 0.294 e. The minimum Gasteiger partial charge on any atom is -0.294 e. The van der Waals surface area contributed by atoms with E-state index in [1.54, 1.807) is 44.2 Å². The Morgan fingerprint density at radius 3 is 2.34 bits per heavy atom. The molecule has 32 heavy (non-hydrogen) atoms. The topological polar surface area (TPSA) is 110 Å². The van der Waals surface area contributed by atoms with Crippen molar-refractivity contribution in [2.45, 2.75) is 46.6 Å². The average molecular weight is 434 g/mol. The van der Waals surface area contributed by atoms with Gasteiger partial charge in [-0.25, -0.2) is 4.68 Å². The Morgan fingerprint density at radius 2 is 1.66 bits per heavy atom. The molecule has 0 saturated carbocycles. The number of carbonyl (C=O) groups is 3. The number of Topliss-reactive ketones (excluding diaryl/α,β-unsaturated/α-hetero) is 1. The summed E-state index contributed by atoms with van der Waals surface area (Å²) in [4.78, 5) is 50.0. The van der Waals surface area contributed by atoms with Gasteiger partial charge in [0.05, 0.1) is 11.4 Å². The van der Waals surface area contributed by atoms with Gasteiger partial charge in [-0.15, -0.1) is 0 Å². The smallest absolute Gasteiger partial charge is 0.290 e. The van der Waals surface area contributed by atoms with Crippen molar-refractivity contribution >= 4 is 28.4 Å². The number of hydrogen-bond donors (Lipinski definition) is 2. The molecule has 2 N–H and O–H groups in total. The van der Waals surface area contributed by atoms with Crippen LogP contribution in [0.15, 0.2) is 47.3 Å². The van der Waals surface area contributed by atoms with E-state index < -0.39 is 11.8 Å². The molecule has 0 radical (unpaired) electrons. The highest BCUT2D eigenvalue weighted by Crippen LogP contribution is 2.15. The summed E-state index contributed by atoms with van der Waals surface area (Å²) in [7, 11) is 0. The molecular weight excluding hydrogens is 408 g/mol. The molecule has 166 valence electrons. The van der Waals surface area contributed by atoms with Crippen molar-refractivity contribution < 1.29 is 14.4 Å². The van der Waals surface area contributed by atoms with E-state index in [0.29, 0.717) is 16.3 Å². The second-order valence-electron chi connectivity index (χ2n) is 7.98. The number of nitrogens with one attached hydrogen (secondary N) is 2. The van der Waals surface area contributed by atoms with Gasteiger partial charge in [0.2, 0.25) is 5.91 Å². The molecule has 0 aliphatic carbocycles. The first kappa shape index (κ1) is 22.9. The van der Waals surface area contributed by atoms with Crippen molar-refractivity contribution in [2.24, 2.45) is 0 Å². The quantitative estimate of drug-likeness (QED) is 0.458. The fourth-order valence-corrected chi connectivity index (χ4v) is 3.37. The minimum absolute atomic E-state index is 0.0193. The van der Waals surface area contributed by atoms with E-state index in [0.717, 1.165) is 11.1 Å². The Bertz CT molecular complexity index is 1260. The van der Waals surface area contributed by atoms with E-state index in [-0.39, 0.29) is 35.9 Å². The maximum Gasteiger partial charge on any atom is 0.290 e. The van der Waals surface area contributed by atoms with E-state index >= 15 is 0 Å². The number of ketones is 1. The third kappa shape index (κ3) is 4.91. The van der Waals surface area contributed by atoms with Crippen LogP contribution in [0.1, 0.15) is 64.7 Å². The molecule has 0 bridgehead atoms. The van der Waals surface area contributed by atoms with Crippen molar-refractivity contribution in [3.05, 3.63) is 75.2 Å². The van der Waals surface area contributed by atoms with Crippen LogP contribution in [0.2, 0.25) is 0 Å². The monoisotopic (exact) mass is 434 g/mol. The number of rotatable bonds is 6. The molecule has 0 aliphatic rings. The second kappa shape index (κ2) is 9.55. The van der Waals surface area contributed by atoms with Gasteiger partial charge < -0.3 is 0 Å². The average Bonchev–Trinajstić information content (AvgIpc) is 2.77. The lowest BCUT2D eigenvalue weighted by molar-refractivity contribution is -0.121. The first-order valence-corrected chi connectivity index (χ1v) is 10.4. The van der Waals surface area contributed by atoms with E-state index in [1.807, 2.05) is 26.0 Å². The van der Waals surface area contributed by atoms with E-state index in [9.17, 15) is 19.2 Å². The highest BCUT2D eigenvalue weighted by Gasteiger charge is 2.19. The number of amides is 2. The van der Waals surface area contributed by atoms with Gasteiger partial charge in [-0.05, 0) is 45.4 Å². The Hall–Kier alpha value is -3.81. The van der Waals surface area contributed by atoms with Crippen LogP contribution in [0.25, 0.3) is 10.8 Å². The Labute approximate surface area is 185 Å². The van der Waals surface area contributed by atoms with Crippen LogP contribution in [0.5, 0.6) is 0 Å². The maximum absolute atomic E-state index is 12.7. The molecule has 0 unspecified atom stereocenters. The lowest BCUT2D eigenvalue weighted by Gasteiger charge is -2.13. The molecular formula is C24H26N4O4. The third-order valence-electron chi connectivity index (χ3n) is 5.12. The summed E-state index contributed by atoms with van der Waals surface area (Å²) in [6.07, 6.45) is -0.0580. The van der Waals surface area contributed by atoms with Gasteiger partial charge in [0.1, 0.15) is 0 Å². The molecule has 1 heterocycles. The lowest BCUT2D eigenvalue weighted by atomic mass is 9.99. The second-order valence-corrected chi connectivity index (χ2v) is 7.98. The van der Waals surface area contributed by atoms with E-state index in [4.69, 9.17) is 0 Å². The van der Waals surface area contributed by atoms with Crippen LogP contribution >= 0.6 is 0 Å². The molecule has 3 rings (SSSR count). The van der Waals surface area contributed by atoms with Gasteiger partial charge in [-0.2, -0.15) is 5.10 Å². The maximum atomic E-state index is 12.7. The summed E-state index contributed by atoms with van der Waals surface area (Å²) in [6, 6.07) is 12.0. The van der Waals surface area contributed by atoms with Gasteiger partial charge in [-0.3, -0.25) is 30.0 Å². The zero-order valence-corrected chi connectivity index (χ0v) is 18.6. The SMILES string of the molecule is Cc1ccc(C)c(C(=O)CCC(=O)NNC(=O)c2nn(C(C)C)c(=O)c3ccccc23)c1. The van der Waals surface area contributed by atoms with Crippen LogP contribution in [0.4, 0.5) is 0 Å². The number of aryl methyl sites for hydroxylation is 2. The van der Waals surface area contributed by atoms with Crippen molar-refractivity contribution in [1.82, 2.24) is 20.6 Å². The summed E-state index contributed by atoms with van der Waals surface area (Å²) in [5.74, 6) is -1.28. The third-order valence-corrected chi connectivity index (χ3v) is 5.12. The molecule has 0 spiro atoms. The van der Waals surface area contributed by atoms with Crippen molar-refractivity contribution in [1.29, 1.82) is 0 Å². The molecule has 0 atom stereocenters. The molecule has 2 aromatic carbocycles. The summed E-state index contributed by atoms with van der Waals surface area (Å²) in [5.41, 5.74) is 6.81. The van der Waals surface area contributed by atoms with Crippen molar-refractivity contribution in [3.63, 3.8) is 0 Å². The van der Waals surface area contributed by atoms with Gasteiger partial charge in [-0.1, -0.05) is 35.9 Å². The molecule has 0 saturated heterocycles. The predicted molar refractivity (Wildman–Crippen MR) is 121 cm³/mol. The minimum atomic E-state index is -0.648. The number of carbonyl (C=O) groups excluding carboxylic acids is 3. The fraction of sp³-hybridized carbons (Fsp3) is 0.292. The number of nitrogens with zero attached hydrogens (tertiary/aromatic N) is 2. The van der Waals surface area contributed by atoms with Crippen molar-refractivity contribution in [2.75, 3.05) is 0 Å². The first-order chi connectivity index (χ1) is 15.2. The highest BCUT2D eigenvalue weighted by atomic mass is 16.2. The number of hydrazine groups is 1. The molecule has 0 aliphatic heterocycles. The molecule has 0 fully saturated rings. The van der Waals surface area contributed by atoms with Crippen molar-refractivity contribution in [3.8, 4) is 0 Å². The van der Waals surface area contributed by atoms with Crippen LogP contribution in [0, 0.1) is 13.8 Å². The molecule has 3 aromatic rings. The zero-order chi connectivity index (χ0) is 23.4. The normalized spacial score (nSPS) is 10.9. The van der Waals surface area contributed by atoms with Gasteiger partial charge >= 0.3 is 0 Å². The molecule has 1 aromatic heterocycles. The molecule has 2 amide bonds. The Kier molecular flexibility index (Phi) is 6.82. The molecule has 8 nitrogen and oxygen atoms in total. The van der Waals surface area contributed by atoms with Gasteiger partial charge in [0, 0.05) is 23.8 Å². The number of hydrogen-bond acceptors (Lipinski definition) is 5. The van der Waals surface area contributed by atoms with Crippen LogP contribution in [0.3, 0.4) is 0 Å². The van der Waals surface area contributed by atoms with Crippen LogP contribution < -0.4 is 16.4 Å². The van der Waals surface area contributed by atoms with E-state index in [1.165, 1.54) is 4.68 Å². The Balaban J connectivity index is 1.68. The number of aromatic nitrogens is 2. The summed E-state index contributed by atoms with van der Waals surface area (Å²) < 4.78 is 1.24. The number of fused-ring (bicyclic) bond motifs is 1. The van der Waals surface area contributed by atoms with Gasteiger partial charge in [0.15, 0.2) is 11.5 Å². The summed E-state index contributed by atoms with van der Waals surface area (Å²) in [5, 5.41) is 4.96. The number of benzene rings is 2. The Morgan fingerprint density at radius 1 is 0.969 bits per heavy atom. The lowest BCUT2D eigenvalue weighted by Crippen LogP contribution is -2.43. The van der Waals surface area contributed by atoms with Gasteiger partial charge in [0.25, 0.3) is 11.5 Å². The predicted octanol–water partition coefficient (Wildman–Crippen LogP) is 3.02.